The highest BCUT2D eigenvalue weighted by atomic mass is 32.1. The number of pyridine rings is 1. The summed E-state index contributed by atoms with van der Waals surface area (Å²) in [4.78, 5) is 27.1. The number of aromatic nitrogens is 3. The lowest BCUT2D eigenvalue weighted by atomic mass is 10.1. The Balaban J connectivity index is 1.62. The van der Waals surface area contributed by atoms with Crippen molar-refractivity contribution in [1.29, 1.82) is 0 Å². The van der Waals surface area contributed by atoms with Crippen LogP contribution in [0.15, 0.2) is 35.1 Å². The zero-order chi connectivity index (χ0) is 16.5. The highest BCUT2D eigenvalue weighted by Gasteiger charge is 2.22. The zero-order valence-electron chi connectivity index (χ0n) is 12.9. The van der Waals surface area contributed by atoms with E-state index in [0.717, 1.165) is 17.8 Å². The van der Waals surface area contributed by atoms with Crippen LogP contribution < -0.4 is 10.9 Å². The van der Waals surface area contributed by atoms with E-state index in [9.17, 15) is 9.59 Å². The molecule has 0 atom stereocenters. The number of amides is 1. The molecule has 0 bridgehead atoms. The second-order valence-electron chi connectivity index (χ2n) is 5.97. The Morgan fingerprint density at radius 1 is 1.21 bits per heavy atom. The lowest BCUT2D eigenvalue weighted by Gasteiger charge is -2.05. The Morgan fingerprint density at radius 2 is 2.00 bits per heavy atom. The van der Waals surface area contributed by atoms with Gasteiger partial charge in [-0.3, -0.25) is 14.9 Å². The predicted molar refractivity (Wildman–Crippen MR) is 93.6 cm³/mol. The van der Waals surface area contributed by atoms with Crippen LogP contribution in [0.25, 0.3) is 10.9 Å². The summed E-state index contributed by atoms with van der Waals surface area (Å²) in [5, 5.41) is 13.2. The monoisotopic (exact) mass is 340 g/mol. The SMILES string of the molecule is O=C(Nc1nnc(C2CCCC2)s1)c1cc(=O)[nH]c2ccccc12. The highest BCUT2D eigenvalue weighted by Crippen LogP contribution is 2.36. The summed E-state index contributed by atoms with van der Waals surface area (Å²) < 4.78 is 0. The summed E-state index contributed by atoms with van der Waals surface area (Å²) in [5.74, 6) is 0.125. The number of fused-ring (bicyclic) bond motifs is 1. The number of carbonyl (C=O) groups is 1. The second kappa shape index (κ2) is 6.16. The van der Waals surface area contributed by atoms with Gasteiger partial charge in [0.25, 0.3) is 5.91 Å². The molecule has 3 aromatic rings. The lowest BCUT2D eigenvalue weighted by molar-refractivity contribution is 0.102. The lowest BCUT2D eigenvalue weighted by Crippen LogP contribution is -2.16. The number of hydrogen-bond acceptors (Lipinski definition) is 5. The topological polar surface area (TPSA) is 87.7 Å². The van der Waals surface area contributed by atoms with Gasteiger partial charge in [-0.05, 0) is 18.9 Å². The van der Waals surface area contributed by atoms with Gasteiger partial charge in [0.1, 0.15) is 5.01 Å². The van der Waals surface area contributed by atoms with Crippen LogP contribution in [0.3, 0.4) is 0 Å². The number of aromatic amines is 1. The molecule has 0 radical (unpaired) electrons. The molecule has 0 aliphatic heterocycles. The molecule has 4 rings (SSSR count). The summed E-state index contributed by atoms with van der Waals surface area (Å²) in [6.45, 7) is 0. The van der Waals surface area contributed by atoms with Crippen molar-refractivity contribution in [2.45, 2.75) is 31.6 Å². The average Bonchev–Trinajstić information content (AvgIpc) is 3.25. The number of benzene rings is 1. The van der Waals surface area contributed by atoms with Crippen LogP contribution >= 0.6 is 11.3 Å². The van der Waals surface area contributed by atoms with Crippen molar-refractivity contribution in [3.63, 3.8) is 0 Å². The molecule has 0 spiro atoms. The molecule has 1 amide bonds. The molecule has 1 fully saturated rings. The van der Waals surface area contributed by atoms with Gasteiger partial charge in [-0.25, -0.2) is 0 Å². The molecule has 2 N–H and O–H groups in total. The number of hydrogen-bond donors (Lipinski definition) is 2. The quantitative estimate of drug-likeness (QED) is 0.766. The van der Waals surface area contributed by atoms with Crippen LogP contribution in [-0.4, -0.2) is 21.1 Å². The van der Waals surface area contributed by atoms with Gasteiger partial charge in [-0.2, -0.15) is 0 Å². The Morgan fingerprint density at radius 3 is 2.83 bits per heavy atom. The molecule has 122 valence electrons. The van der Waals surface area contributed by atoms with Gasteiger partial charge in [-0.1, -0.05) is 42.4 Å². The minimum absolute atomic E-state index is 0.303. The van der Waals surface area contributed by atoms with E-state index in [2.05, 4.69) is 20.5 Å². The number of anilines is 1. The molecule has 1 aliphatic carbocycles. The van der Waals surface area contributed by atoms with Crippen LogP contribution in [0, 0.1) is 0 Å². The normalized spacial score (nSPS) is 15.0. The van der Waals surface area contributed by atoms with E-state index in [-0.39, 0.29) is 11.5 Å². The Hall–Kier alpha value is -2.54. The van der Waals surface area contributed by atoms with Crippen LogP contribution in [0.4, 0.5) is 5.13 Å². The minimum atomic E-state index is -0.341. The molecule has 6 nitrogen and oxygen atoms in total. The van der Waals surface area contributed by atoms with E-state index >= 15 is 0 Å². The number of nitrogens with zero attached hydrogens (tertiary/aromatic N) is 2. The fourth-order valence-electron chi connectivity index (χ4n) is 3.18. The summed E-state index contributed by atoms with van der Waals surface area (Å²) in [6.07, 6.45) is 4.73. The maximum atomic E-state index is 12.6. The molecule has 0 saturated heterocycles. The maximum Gasteiger partial charge on any atom is 0.258 e. The summed E-state index contributed by atoms with van der Waals surface area (Å²) in [5.41, 5.74) is 0.675. The maximum absolute atomic E-state index is 12.6. The fraction of sp³-hybridized carbons (Fsp3) is 0.294. The van der Waals surface area contributed by atoms with E-state index in [4.69, 9.17) is 0 Å². The molecular weight excluding hydrogens is 324 g/mol. The minimum Gasteiger partial charge on any atom is -0.322 e. The number of para-hydroxylation sites is 1. The molecule has 24 heavy (non-hydrogen) atoms. The Bertz CT molecular complexity index is 956. The Labute approximate surface area is 141 Å². The van der Waals surface area contributed by atoms with Crippen molar-refractivity contribution < 1.29 is 4.79 Å². The smallest absolute Gasteiger partial charge is 0.258 e. The molecule has 2 heterocycles. The molecule has 1 aliphatic rings. The first-order valence-electron chi connectivity index (χ1n) is 7.97. The van der Waals surface area contributed by atoms with Gasteiger partial charge in [0.2, 0.25) is 10.7 Å². The van der Waals surface area contributed by atoms with Crippen molar-refractivity contribution >= 4 is 33.3 Å². The van der Waals surface area contributed by atoms with Gasteiger partial charge in [0, 0.05) is 22.9 Å². The zero-order valence-corrected chi connectivity index (χ0v) is 13.7. The van der Waals surface area contributed by atoms with Crippen molar-refractivity contribution in [3.8, 4) is 0 Å². The third kappa shape index (κ3) is 2.82. The van der Waals surface area contributed by atoms with E-state index in [0.29, 0.717) is 27.5 Å². The summed E-state index contributed by atoms with van der Waals surface area (Å²) in [7, 11) is 0. The van der Waals surface area contributed by atoms with E-state index in [1.165, 1.54) is 30.2 Å². The first-order valence-corrected chi connectivity index (χ1v) is 8.79. The Kier molecular flexibility index (Phi) is 3.86. The molecular formula is C17H16N4O2S. The first-order chi connectivity index (χ1) is 11.7. The summed E-state index contributed by atoms with van der Waals surface area (Å²) in [6, 6.07) is 8.55. The van der Waals surface area contributed by atoms with Crippen LogP contribution in [-0.2, 0) is 0 Å². The average molecular weight is 340 g/mol. The standard InChI is InChI=1S/C17H16N4O2S/c22-14-9-12(11-7-3-4-8-13(11)18-14)15(23)19-17-21-20-16(24-17)10-5-1-2-6-10/h3-4,7-10H,1-2,5-6H2,(H,18,22)(H,19,21,23). The molecule has 2 aromatic heterocycles. The van der Waals surface area contributed by atoms with Crippen LogP contribution in [0.5, 0.6) is 0 Å². The first kappa shape index (κ1) is 15.0. The van der Waals surface area contributed by atoms with E-state index in [1.807, 2.05) is 18.2 Å². The number of H-pyrrole nitrogens is 1. The van der Waals surface area contributed by atoms with Crippen molar-refractivity contribution in [2.75, 3.05) is 5.32 Å². The summed E-state index contributed by atoms with van der Waals surface area (Å²) >= 11 is 1.42. The van der Waals surface area contributed by atoms with Gasteiger partial charge in [0.05, 0.1) is 5.56 Å². The second-order valence-corrected chi connectivity index (χ2v) is 6.98. The molecule has 7 heteroatoms. The predicted octanol–water partition coefficient (Wildman–Crippen LogP) is 3.29. The van der Waals surface area contributed by atoms with Gasteiger partial charge in [0.15, 0.2) is 0 Å². The van der Waals surface area contributed by atoms with Gasteiger partial charge >= 0.3 is 0 Å². The third-order valence-electron chi connectivity index (χ3n) is 4.36. The van der Waals surface area contributed by atoms with E-state index < -0.39 is 0 Å². The van der Waals surface area contributed by atoms with Crippen molar-refractivity contribution in [2.24, 2.45) is 0 Å². The number of nitrogens with one attached hydrogen (secondary N) is 2. The third-order valence-corrected chi connectivity index (χ3v) is 5.36. The highest BCUT2D eigenvalue weighted by molar-refractivity contribution is 7.15. The van der Waals surface area contributed by atoms with E-state index in [1.54, 1.807) is 6.07 Å². The fourth-order valence-corrected chi connectivity index (χ4v) is 4.09. The molecule has 0 unspecified atom stereocenters. The van der Waals surface area contributed by atoms with Crippen LogP contribution in [0.1, 0.15) is 47.0 Å². The number of carbonyl (C=O) groups excluding carboxylic acids is 1. The van der Waals surface area contributed by atoms with Crippen molar-refractivity contribution in [3.05, 3.63) is 51.3 Å². The van der Waals surface area contributed by atoms with Gasteiger partial charge < -0.3 is 4.98 Å². The van der Waals surface area contributed by atoms with Crippen LogP contribution in [0.2, 0.25) is 0 Å². The molecule has 1 saturated carbocycles. The van der Waals surface area contributed by atoms with Gasteiger partial charge in [-0.15, -0.1) is 10.2 Å². The largest absolute Gasteiger partial charge is 0.322 e. The van der Waals surface area contributed by atoms with Crippen molar-refractivity contribution in [1.82, 2.24) is 15.2 Å². The molecule has 1 aromatic carbocycles. The number of rotatable bonds is 3.